The fourth-order valence-electron chi connectivity index (χ4n) is 1.46. The Bertz CT molecular complexity index is 312. The van der Waals surface area contributed by atoms with Crippen LogP contribution in [0, 0.1) is 0 Å². The van der Waals surface area contributed by atoms with E-state index in [-0.39, 0.29) is 12.2 Å². The molecule has 2 unspecified atom stereocenters. The fourth-order valence-corrected chi connectivity index (χ4v) is 1.46. The Hall–Kier alpha value is -1.43. The maximum Gasteiger partial charge on any atom is 0.335 e. The summed E-state index contributed by atoms with van der Waals surface area (Å²) in [5, 5.41) is 8.48. The van der Waals surface area contributed by atoms with Crippen LogP contribution in [0.1, 0.15) is 46.0 Å². The van der Waals surface area contributed by atoms with Gasteiger partial charge in [0.1, 0.15) is 0 Å². The van der Waals surface area contributed by atoms with Gasteiger partial charge in [0.15, 0.2) is 18.0 Å². The van der Waals surface area contributed by atoms with Gasteiger partial charge >= 0.3 is 11.9 Å². The average Bonchev–Trinajstić information content (AvgIpc) is 2.34. The van der Waals surface area contributed by atoms with Crippen molar-refractivity contribution in [2.45, 2.75) is 58.2 Å². The van der Waals surface area contributed by atoms with Crippen molar-refractivity contribution in [3.05, 3.63) is 0 Å². The third-order valence-corrected chi connectivity index (χ3v) is 2.75. The molecule has 0 amide bonds. The lowest BCUT2D eigenvalue weighted by Gasteiger charge is -2.17. The number of carboxylic acids is 1. The molecule has 0 saturated heterocycles. The van der Waals surface area contributed by atoms with Crippen molar-refractivity contribution in [3.63, 3.8) is 0 Å². The first-order valence-electron chi connectivity index (χ1n) is 6.34. The van der Waals surface area contributed by atoms with E-state index in [9.17, 15) is 14.4 Å². The summed E-state index contributed by atoms with van der Waals surface area (Å²) in [7, 11) is 1.39. The monoisotopic (exact) mass is 274 g/mol. The van der Waals surface area contributed by atoms with E-state index in [2.05, 4.69) is 0 Å². The minimum absolute atomic E-state index is 0.116. The molecule has 0 rings (SSSR count). The highest BCUT2D eigenvalue weighted by Gasteiger charge is 2.22. The third kappa shape index (κ3) is 8.31. The highest BCUT2D eigenvalue weighted by molar-refractivity contribution is 5.84. The Balaban J connectivity index is 4.03. The topological polar surface area (TPSA) is 89.9 Å². The lowest BCUT2D eigenvalue weighted by Crippen LogP contribution is -2.31. The minimum Gasteiger partial charge on any atom is -0.481 e. The van der Waals surface area contributed by atoms with Crippen LogP contribution in [0.15, 0.2) is 0 Å². The largest absolute Gasteiger partial charge is 0.481 e. The highest BCUT2D eigenvalue weighted by Crippen LogP contribution is 2.11. The summed E-state index contributed by atoms with van der Waals surface area (Å²) in [6.45, 7) is 2.92. The molecule has 0 aromatic rings. The van der Waals surface area contributed by atoms with Gasteiger partial charge in [0.2, 0.25) is 0 Å². The number of methoxy groups -OCH3 is 1. The maximum absolute atomic E-state index is 11.5. The average molecular weight is 274 g/mol. The van der Waals surface area contributed by atoms with Gasteiger partial charge in [-0.25, -0.2) is 4.79 Å². The number of carbonyl (C=O) groups excluding carboxylic acids is 2. The van der Waals surface area contributed by atoms with Crippen molar-refractivity contribution >= 4 is 17.7 Å². The number of hydrogen-bond acceptors (Lipinski definition) is 5. The predicted octanol–water partition coefficient (Wildman–Crippen LogP) is 1.56. The SMILES string of the molecule is COC(C)C(=O)OC(CCCCCC(=O)O)C(C)=O. The molecule has 0 aromatic heterocycles. The van der Waals surface area contributed by atoms with E-state index in [0.29, 0.717) is 25.7 Å². The summed E-state index contributed by atoms with van der Waals surface area (Å²) in [5.74, 6) is -1.61. The van der Waals surface area contributed by atoms with Crippen molar-refractivity contribution in [3.8, 4) is 0 Å². The van der Waals surface area contributed by atoms with Crippen molar-refractivity contribution in [2.75, 3.05) is 7.11 Å². The first-order valence-corrected chi connectivity index (χ1v) is 6.34. The maximum atomic E-state index is 11.5. The number of unbranched alkanes of at least 4 members (excludes halogenated alkanes) is 2. The van der Waals surface area contributed by atoms with Gasteiger partial charge in [0.05, 0.1) is 0 Å². The summed E-state index contributed by atoms with van der Waals surface area (Å²) < 4.78 is 9.87. The zero-order chi connectivity index (χ0) is 14.8. The lowest BCUT2D eigenvalue weighted by molar-refractivity contribution is -0.163. The number of rotatable bonds is 10. The van der Waals surface area contributed by atoms with Crippen LogP contribution in [0.3, 0.4) is 0 Å². The number of ether oxygens (including phenoxy) is 2. The number of ketones is 1. The summed E-state index contributed by atoms with van der Waals surface area (Å²) in [5.41, 5.74) is 0. The van der Waals surface area contributed by atoms with Gasteiger partial charge in [-0.2, -0.15) is 0 Å². The highest BCUT2D eigenvalue weighted by atomic mass is 16.6. The van der Waals surface area contributed by atoms with Crippen LogP contribution in [0.4, 0.5) is 0 Å². The number of esters is 1. The van der Waals surface area contributed by atoms with Crippen LogP contribution in [-0.2, 0) is 23.9 Å². The van der Waals surface area contributed by atoms with Crippen LogP contribution < -0.4 is 0 Å². The fraction of sp³-hybridized carbons (Fsp3) is 0.769. The van der Waals surface area contributed by atoms with Gasteiger partial charge in [-0.05, 0) is 33.1 Å². The van der Waals surface area contributed by atoms with Crippen LogP contribution >= 0.6 is 0 Å². The second-order valence-electron chi connectivity index (χ2n) is 4.41. The number of carbonyl (C=O) groups is 3. The second kappa shape index (κ2) is 9.49. The molecular weight excluding hydrogens is 252 g/mol. The van der Waals surface area contributed by atoms with E-state index in [1.54, 1.807) is 6.92 Å². The molecule has 0 aromatic carbocycles. The molecule has 0 heterocycles. The quantitative estimate of drug-likeness (QED) is 0.480. The molecular formula is C13H22O6. The molecule has 0 fully saturated rings. The molecule has 2 atom stereocenters. The van der Waals surface area contributed by atoms with E-state index < -0.39 is 24.1 Å². The van der Waals surface area contributed by atoms with Crippen molar-refractivity contribution < 1.29 is 29.0 Å². The number of hydrogen-bond donors (Lipinski definition) is 1. The molecule has 0 spiro atoms. The third-order valence-electron chi connectivity index (χ3n) is 2.75. The van der Waals surface area contributed by atoms with Crippen molar-refractivity contribution in [1.29, 1.82) is 0 Å². The lowest BCUT2D eigenvalue weighted by atomic mass is 10.1. The Labute approximate surface area is 113 Å². The number of carboxylic acid groups (broad SMARTS) is 1. The van der Waals surface area contributed by atoms with Crippen LogP contribution in [0.25, 0.3) is 0 Å². The Kier molecular flexibility index (Phi) is 8.78. The number of aliphatic carboxylic acids is 1. The van der Waals surface area contributed by atoms with Crippen molar-refractivity contribution in [2.24, 2.45) is 0 Å². The van der Waals surface area contributed by atoms with Gasteiger partial charge < -0.3 is 14.6 Å². The van der Waals surface area contributed by atoms with Gasteiger partial charge in [-0.1, -0.05) is 6.42 Å². The smallest absolute Gasteiger partial charge is 0.335 e. The van der Waals surface area contributed by atoms with E-state index in [1.807, 2.05) is 0 Å². The predicted molar refractivity (Wildman–Crippen MR) is 67.8 cm³/mol. The molecule has 0 bridgehead atoms. The second-order valence-corrected chi connectivity index (χ2v) is 4.41. The van der Waals surface area contributed by atoms with E-state index >= 15 is 0 Å². The molecule has 0 aliphatic rings. The van der Waals surface area contributed by atoms with E-state index in [1.165, 1.54) is 14.0 Å². The molecule has 0 radical (unpaired) electrons. The molecule has 0 aliphatic carbocycles. The summed E-state index contributed by atoms with van der Waals surface area (Å²) in [4.78, 5) is 33.2. The van der Waals surface area contributed by atoms with Crippen LogP contribution in [-0.4, -0.2) is 42.1 Å². The molecule has 6 nitrogen and oxygen atoms in total. The zero-order valence-corrected chi connectivity index (χ0v) is 11.7. The van der Waals surface area contributed by atoms with Crippen LogP contribution in [0.5, 0.6) is 0 Å². The van der Waals surface area contributed by atoms with E-state index in [0.717, 1.165) is 0 Å². The number of Topliss-reactive ketones (excluding diaryl/α,β-unsaturated/α-hetero) is 1. The summed E-state index contributed by atoms with van der Waals surface area (Å²) in [6.07, 6.45) is 0.952. The van der Waals surface area contributed by atoms with Gasteiger partial charge in [-0.15, -0.1) is 0 Å². The Morgan fingerprint density at radius 2 is 1.79 bits per heavy atom. The first-order chi connectivity index (χ1) is 8.88. The molecule has 6 heteroatoms. The van der Waals surface area contributed by atoms with Crippen molar-refractivity contribution in [1.82, 2.24) is 0 Å². The summed E-state index contributed by atoms with van der Waals surface area (Å²) >= 11 is 0. The Morgan fingerprint density at radius 1 is 1.16 bits per heavy atom. The molecule has 0 aliphatic heterocycles. The zero-order valence-electron chi connectivity index (χ0n) is 11.7. The molecule has 1 N–H and O–H groups in total. The van der Waals surface area contributed by atoms with Gasteiger partial charge in [-0.3, -0.25) is 9.59 Å². The van der Waals surface area contributed by atoms with Gasteiger partial charge in [0.25, 0.3) is 0 Å². The summed E-state index contributed by atoms with van der Waals surface area (Å²) in [6, 6.07) is 0. The normalized spacial score (nSPS) is 13.6. The van der Waals surface area contributed by atoms with Gasteiger partial charge in [0, 0.05) is 13.5 Å². The minimum atomic E-state index is -0.830. The molecule has 110 valence electrons. The molecule has 19 heavy (non-hydrogen) atoms. The standard InChI is InChI=1S/C13H22O6/c1-9(14)11(19-13(17)10(2)18-3)7-5-4-6-8-12(15)16/h10-11H,4-8H2,1-3H3,(H,15,16). The first kappa shape index (κ1) is 17.6. The van der Waals surface area contributed by atoms with Crippen LogP contribution in [0.2, 0.25) is 0 Å². The molecule has 0 saturated carbocycles. The van der Waals surface area contributed by atoms with E-state index in [4.69, 9.17) is 14.6 Å². The Morgan fingerprint density at radius 3 is 2.26 bits per heavy atom.